The van der Waals surface area contributed by atoms with Crippen molar-refractivity contribution in [2.24, 2.45) is 0 Å². The topological polar surface area (TPSA) is 116 Å². The highest BCUT2D eigenvalue weighted by Gasteiger charge is 2.40. The zero-order chi connectivity index (χ0) is 21.2. The number of nitriles is 1. The molecule has 2 N–H and O–H groups in total. The predicted molar refractivity (Wildman–Crippen MR) is 112 cm³/mol. The highest BCUT2D eigenvalue weighted by molar-refractivity contribution is 7.90. The van der Waals surface area contributed by atoms with Gasteiger partial charge in [-0.3, -0.25) is 0 Å². The number of sulfonamides is 2. The van der Waals surface area contributed by atoms with Crippen LogP contribution in [0, 0.1) is 11.3 Å². The van der Waals surface area contributed by atoms with E-state index in [2.05, 4.69) is 15.5 Å². The summed E-state index contributed by atoms with van der Waals surface area (Å²) in [7, 11) is -7.34. The van der Waals surface area contributed by atoms with Crippen molar-refractivity contribution in [1.82, 2.24) is 9.44 Å². The summed E-state index contributed by atoms with van der Waals surface area (Å²) >= 11 is 0. The molecule has 2 unspecified atom stereocenters. The number of hydrogen-bond acceptors (Lipinski definition) is 5. The largest absolute Gasteiger partial charge is 0.220 e. The van der Waals surface area contributed by atoms with Crippen LogP contribution in [0.1, 0.15) is 36.6 Å². The van der Waals surface area contributed by atoms with Gasteiger partial charge in [-0.2, -0.15) is 5.26 Å². The first kappa shape index (κ1) is 21.5. The first-order valence-electron chi connectivity index (χ1n) is 9.24. The summed E-state index contributed by atoms with van der Waals surface area (Å²) in [6, 6.07) is 15.4. The van der Waals surface area contributed by atoms with E-state index in [9.17, 15) is 16.8 Å². The zero-order valence-corrected chi connectivity index (χ0v) is 17.8. The van der Waals surface area contributed by atoms with Gasteiger partial charge in [0.2, 0.25) is 20.0 Å². The predicted octanol–water partition coefficient (Wildman–Crippen LogP) is 2.29. The Bertz CT molecular complexity index is 1120. The molecule has 7 nitrogen and oxygen atoms in total. The molecule has 0 radical (unpaired) electrons. The van der Waals surface area contributed by atoms with E-state index in [0.29, 0.717) is 17.5 Å². The quantitative estimate of drug-likeness (QED) is 0.750. The number of rotatable bonds is 5. The van der Waals surface area contributed by atoms with Crippen LogP contribution in [0.4, 0.5) is 0 Å². The van der Waals surface area contributed by atoms with Crippen LogP contribution in [0.25, 0.3) is 11.1 Å². The average Bonchev–Trinajstić information content (AvgIpc) is 2.67. The number of benzene rings is 2. The van der Waals surface area contributed by atoms with Gasteiger partial charge in [0.15, 0.2) is 0 Å². The summed E-state index contributed by atoms with van der Waals surface area (Å²) < 4.78 is 55.1. The third-order valence-corrected chi connectivity index (χ3v) is 8.73. The molecule has 0 spiro atoms. The second-order valence-electron chi connectivity index (χ2n) is 7.28. The maximum atomic E-state index is 12.7. The molecule has 0 bridgehead atoms. The van der Waals surface area contributed by atoms with Crippen LogP contribution >= 0.6 is 0 Å². The number of nitrogens with zero attached hydrogens (tertiary/aromatic N) is 1. The lowest BCUT2D eigenvalue weighted by atomic mass is 9.99. The Morgan fingerprint density at radius 1 is 1.07 bits per heavy atom. The fourth-order valence-corrected chi connectivity index (χ4v) is 6.06. The zero-order valence-electron chi connectivity index (χ0n) is 16.2. The lowest BCUT2D eigenvalue weighted by Gasteiger charge is -2.33. The molecular formula is C20H23N3O4S2. The molecule has 1 heterocycles. The molecule has 2 aromatic rings. The minimum Gasteiger partial charge on any atom is -0.215 e. The summed E-state index contributed by atoms with van der Waals surface area (Å²) in [5.41, 5.74) is 2.85. The van der Waals surface area contributed by atoms with Crippen LogP contribution in [-0.4, -0.2) is 34.7 Å². The van der Waals surface area contributed by atoms with Crippen LogP contribution in [-0.2, 0) is 20.0 Å². The maximum Gasteiger partial charge on any atom is 0.220 e. The van der Waals surface area contributed by atoms with Gasteiger partial charge in [-0.15, -0.1) is 0 Å². The summed E-state index contributed by atoms with van der Waals surface area (Å²) in [6.45, 7) is 3.30. The van der Waals surface area contributed by atoms with Crippen molar-refractivity contribution in [3.63, 3.8) is 0 Å². The maximum absolute atomic E-state index is 12.7. The molecule has 1 aliphatic heterocycles. The minimum atomic E-state index is -3.72. The molecule has 3 rings (SSSR count). The standard InChI is InChI=1S/C20H23N3O4S2/c1-14(2)28(24,25)23-19-11-12-22-29(26,27)20(19)18-9-7-17(8-10-18)16-5-3-15(13-21)4-6-16/h3-10,14,19-20,22-23H,11-12H2,1-2H3. The first-order valence-corrected chi connectivity index (χ1v) is 12.3. The second-order valence-corrected chi connectivity index (χ2v) is 11.4. The lowest BCUT2D eigenvalue weighted by Crippen LogP contribution is -2.52. The third kappa shape index (κ3) is 4.67. The second kappa shape index (κ2) is 8.24. The van der Waals surface area contributed by atoms with Crippen LogP contribution in [0.15, 0.2) is 48.5 Å². The van der Waals surface area contributed by atoms with Gasteiger partial charge in [-0.25, -0.2) is 26.3 Å². The van der Waals surface area contributed by atoms with Crippen LogP contribution in [0.3, 0.4) is 0 Å². The first-order chi connectivity index (χ1) is 13.6. The normalized spacial score (nSPS) is 21.6. The fraction of sp³-hybridized carbons (Fsp3) is 0.350. The monoisotopic (exact) mass is 433 g/mol. The molecule has 154 valence electrons. The van der Waals surface area contributed by atoms with Crippen LogP contribution in [0.5, 0.6) is 0 Å². The SMILES string of the molecule is CC(C)S(=O)(=O)NC1CCNS(=O)(=O)C1c1ccc(-c2ccc(C#N)cc2)cc1. The van der Waals surface area contributed by atoms with E-state index in [1.54, 1.807) is 50.2 Å². The molecule has 0 saturated carbocycles. The van der Waals surface area contributed by atoms with Gasteiger partial charge in [-0.05, 0) is 49.1 Å². The summed E-state index contributed by atoms with van der Waals surface area (Å²) in [5, 5.41) is 7.24. The van der Waals surface area contributed by atoms with Gasteiger partial charge in [0, 0.05) is 12.6 Å². The Hall–Kier alpha value is -2.25. The van der Waals surface area contributed by atoms with Gasteiger partial charge in [0.05, 0.1) is 16.9 Å². The molecule has 2 aromatic carbocycles. The van der Waals surface area contributed by atoms with Crippen molar-refractivity contribution in [3.05, 3.63) is 59.7 Å². The Balaban J connectivity index is 1.93. The van der Waals surface area contributed by atoms with Crippen LogP contribution in [0.2, 0.25) is 0 Å². The molecule has 1 fully saturated rings. The molecule has 0 amide bonds. The molecule has 0 aromatic heterocycles. The highest BCUT2D eigenvalue weighted by Crippen LogP contribution is 2.32. The molecule has 2 atom stereocenters. The van der Waals surface area contributed by atoms with E-state index in [4.69, 9.17) is 5.26 Å². The Morgan fingerprint density at radius 2 is 1.62 bits per heavy atom. The van der Waals surface area contributed by atoms with Gasteiger partial charge in [-0.1, -0.05) is 36.4 Å². The van der Waals surface area contributed by atoms with E-state index in [0.717, 1.165) is 11.1 Å². The molecular weight excluding hydrogens is 410 g/mol. The Kier molecular flexibility index (Phi) is 6.10. The summed E-state index contributed by atoms with van der Waals surface area (Å²) in [4.78, 5) is 0. The summed E-state index contributed by atoms with van der Waals surface area (Å²) in [6.07, 6.45) is 0.368. The Labute approximate surface area is 171 Å². The van der Waals surface area contributed by atoms with Crippen molar-refractivity contribution in [2.75, 3.05) is 6.54 Å². The van der Waals surface area contributed by atoms with Crippen molar-refractivity contribution < 1.29 is 16.8 Å². The van der Waals surface area contributed by atoms with E-state index in [1.165, 1.54) is 0 Å². The number of hydrogen-bond donors (Lipinski definition) is 2. The summed E-state index contributed by atoms with van der Waals surface area (Å²) in [5.74, 6) is 0. The molecule has 9 heteroatoms. The molecule has 29 heavy (non-hydrogen) atoms. The fourth-order valence-electron chi connectivity index (χ4n) is 3.30. The molecule has 1 aliphatic rings. The van der Waals surface area contributed by atoms with Crippen LogP contribution < -0.4 is 9.44 Å². The van der Waals surface area contributed by atoms with Crippen molar-refractivity contribution >= 4 is 20.0 Å². The van der Waals surface area contributed by atoms with E-state index in [-0.39, 0.29) is 6.54 Å². The van der Waals surface area contributed by atoms with Gasteiger partial charge in [0.1, 0.15) is 5.25 Å². The lowest BCUT2D eigenvalue weighted by molar-refractivity contribution is 0.462. The van der Waals surface area contributed by atoms with Gasteiger partial charge in [0.25, 0.3) is 0 Å². The van der Waals surface area contributed by atoms with E-state index in [1.807, 2.05) is 12.1 Å². The smallest absolute Gasteiger partial charge is 0.215 e. The van der Waals surface area contributed by atoms with Gasteiger partial charge >= 0.3 is 0 Å². The van der Waals surface area contributed by atoms with E-state index < -0.39 is 36.6 Å². The number of nitrogens with one attached hydrogen (secondary N) is 2. The van der Waals surface area contributed by atoms with E-state index >= 15 is 0 Å². The highest BCUT2D eigenvalue weighted by atomic mass is 32.2. The Morgan fingerprint density at radius 3 is 2.14 bits per heavy atom. The molecule has 1 saturated heterocycles. The van der Waals surface area contributed by atoms with Crippen molar-refractivity contribution in [2.45, 2.75) is 36.8 Å². The minimum absolute atomic E-state index is 0.188. The van der Waals surface area contributed by atoms with Gasteiger partial charge < -0.3 is 0 Å². The van der Waals surface area contributed by atoms with Crippen molar-refractivity contribution in [3.8, 4) is 17.2 Å². The third-order valence-electron chi connectivity index (χ3n) is 4.98. The van der Waals surface area contributed by atoms with Crippen molar-refractivity contribution in [1.29, 1.82) is 5.26 Å². The molecule has 0 aliphatic carbocycles. The average molecular weight is 434 g/mol.